The monoisotopic (exact) mass is 475 g/mol. The average Bonchev–Trinajstić information content (AvgIpc) is 3.04. The maximum Gasteiger partial charge on any atom is 0.247 e. The van der Waals surface area contributed by atoms with E-state index in [2.05, 4.69) is 13.0 Å². The zero-order valence-electron chi connectivity index (χ0n) is 20.4. The van der Waals surface area contributed by atoms with E-state index in [1.807, 2.05) is 43.9 Å². The van der Waals surface area contributed by atoms with Gasteiger partial charge < -0.3 is 19.8 Å². The molecule has 4 aliphatic heterocycles. The van der Waals surface area contributed by atoms with Gasteiger partial charge in [-0.2, -0.15) is 0 Å². The predicted molar refractivity (Wildman–Crippen MR) is 129 cm³/mol. The second-order valence-corrected chi connectivity index (χ2v) is 12.2. The number of thioether (sulfide) groups is 1. The van der Waals surface area contributed by atoms with Gasteiger partial charge in [-0.1, -0.05) is 51.5 Å². The van der Waals surface area contributed by atoms with Gasteiger partial charge in [-0.25, -0.2) is 0 Å². The summed E-state index contributed by atoms with van der Waals surface area (Å²) in [6, 6.07) is -1.21. The third-order valence-electron chi connectivity index (χ3n) is 7.88. The van der Waals surface area contributed by atoms with E-state index in [0.717, 1.165) is 12.8 Å². The summed E-state index contributed by atoms with van der Waals surface area (Å²) in [4.78, 5) is 47.0. The van der Waals surface area contributed by atoms with Crippen molar-refractivity contribution in [3.05, 3.63) is 24.3 Å². The summed E-state index contributed by atoms with van der Waals surface area (Å²) in [6.45, 7) is 9.49. The minimum atomic E-state index is -0.838. The van der Waals surface area contributed by atoms with Crippen LogP contribution in [0, 0.1) is 17.8 Å². The second-order valence-electron chi connectivity index (χ2n) is 10.4. The normalized spacial score (nSPS) is 36.8. The first-order chi connectivity index (χ1) is 15.6. The number of carbonyl (C=O) groups is 3. The molecule has 2 fully saturated rings. The van der Waals surface area contributed by atoms with Gasteiger partial charge in [0.15, 0.2) is 0 Å². The first kappa shape index (κ1) is 24.3. The lowest BCUT2D eigenvalue weighted by Gasteiger charge is -2.41. The number of hydrogen-bond acceptors (Lipinski definition) is 5. The maximum absolute atomic E-state index is 14.2. The van der Waals surface area contributed by atoms with Crippen molar-refractivity contribution >= 4 is 29.5 Å². The molecule has 0 saturated carbocycles. The molecule has 0 radical (unpaired) electrons. The first-order valence-electron chi connectivity index (χ1n) is 12.1. The number of aliphatic hydroxyl groups is 1. The standard InChI is InChI=1S/C25H37N3O4S/c1-6-7-13-27-14-9-11-25-19(18-21(30)26(5)12-8-10-24(18,4)33-25)22(31)28(20(25)23(27)32)17(15-29)16(2)3/h8-11,16-20,29H,6-7,12-15H2,1-5H3/t17-,18+,19-,20?,24-,25-/m0/s1. The summed E-state index contributed by atoms with van der Waals surface area (Å²) in [5.41, 5.74) is 0. The van der Waals surface area contributed by atoms with Crippen molar-refractivity contribution < 1.29 is 19.5 Å². The van der Waals surface area contributed by atoms with E-state index in [0.29, 0.717) is 19.6 Å². The van der Waals surface area contributed by atoms with Crippen LogP contribution in [0.2, 0.25) is 0 Å². The number of unbranched alkanes of at least 4 members (excludes halogenated alkanes) is 1. The molecule has 0 aliphatic carbocycles. The van der Waals surface area contributed by atoms with E-state index >= 15 is 0 Å². The summed E-state index contributed by atoms with van der Waals surface area (Å²) in [7, 11) is 1.77. The highest BCUT2D eigenvalue weighted by Crippen LogP contribution is 2.65. The van der Waals surface area contributed by atoms with Gasteiger partial charge >= 0.3 is 0 Å². The average molecular weight is 476 g/mol. The molecular formula is C25H37N3O4S. The molecule has 3 amide bonds. The van der Waals surface area contributed by atoms with Gasteiger partial charge in [0, 0.05) is 31.4 Å². The Morgan fingerprint density at radius 1 is 1.09 bits per heavy atom. The number of likely N-dealkylation sites (tertiary alicyclic amines) is 1. The molecule has 1 N–H and O–H groups in total. The number of likely N-dealkylation sites (N-methyl/N-ethyl adjacent to an activating group) is 1. The lowest BCUT2D eigenvalue weighted by Crippen LogP contribution is -2.58. The van der Waals surface area contributed by atoms with Crippen molar-refractivity contribution in [2.45, 2.75) is 62.1 Å². The fourth-order valence-electron chi connectivity index (χ4n) is 6.16. The van der Waals surface area contributed by atoms with Crippen LogP contribution in [0.5, 0.6) is 0 Å². The topological polar surface area (TPSA) is 81.2 Å². The van der Waals surface area contributed by atoms with E-state index in [-0.39, 0.29) is 30.2 Å². The highest BCUT2D eigenvalue weighted by molar-refractivity contribution is 8.02. The molecule has 7 nitrogen and oxygen atoms in total. The van der Waals surface area contributed by atoms with E-state index in [1.54, 1.807) is 28.6 Å². The van der Waals surface area contributed by atoms with Gasteiger partial charge in [-0.3, -0.25) is 14.4 Å². The molecule has 0 aromatic carbocycles. The van der Waals surface area contributed by atoms with Crippen LogP contribution in [-0.4, -0.2) is 92.4 Å². The zero-order chi connectivity index (χ0) is 24.1. The van der Waals surface area contributed by atoms with Gasteiger partial charge in [0.25, 0.3) is 0 Å². The van der Waals surface area contributed by atoms with E-state index < -0.39 is 33.4 Å². The van der Waals surface area contributed by atoms with Crippen LogP contribution in [0.3, 0.4) is 0 Å². The van der Waals surface area contributed by atoms with Crippen molar-refractivity contribution in [3.63, 3.8) is 0 Å². The molecule has 33 heavy (non-hydrogen) atoms. The summed E-state index contributed by atoms with van der Waals surface area (Å²) < 4.78 is -1.42. The predicted octanol–water partition coefficient (Wildman–Crippen LogP) is 1.92. The highest BCUT2D eigenvalue weighted by atomic mass is 32.2. The Bertz CT molecular complexity index is 889. The lowest BCUT2D eigenvalue weighted by atomic mass is 9.74. The fraction of sp³-hybridized carbons (Fsp3) is 0.720. The third-order valence-corrected chi connectivity index (χ3v) is 9.67. The largest absolute Gasteiger partial charge is 0.394 e. The molecule has 4 aliphatic rings. The van der Waals surface area contributed by atoms with Crippen LogP contribution < -0.4 is 0 Å². The Morgan fingerprint density at radius 2 is 1.79 bits per heavy atom. The molecule has 1 unspecified atom stereocenters. The van der Waals surface area contributed by atoms with Crippen LogP contribution >= 0.6 is 11.8 Å². The molecule has 4 heterocycles. The van der Waals surface area contributed by atoms with Crippen LogP contribution in [0.1, 0.15) is 40.5 Å². The minimum absolute atomic E-state index is 0.0252. The Morgan fingerprint density at radius 3 is 2.42 bits per heavy atom. The number of aliphatic hydroxyl groups excluding tert-OH is 1. The Balaban J connectivity index is 1.89. The number of rotatable bonds is 6. The zero-order valence-corrected chi connectivity index (χ0v) is 21.2. The first-order valence-corrected chi connectivity index (χ1v) is 13.0. The van der Waals surface area contributed by atoms with Crippen molar-refractivity contribution in [1.29, 1.82) is 0 Å². The quantitative estimate of drug-likeness (QED) is 0.594. The van der Waals surface area contributed by atoms with Crippen LogP contribution in [0.4, 0.5) is 0 Å². The second kappa shape index (κ2) is 8.77. The molecular weight excluding hydrogens is 438 g/mol. The van der Waals surface area contributed by atoms with Gasteiger partial charge in [-0.15, -0.1) is 11.8 Å². The summed E-state index contributed by atoms with van der Waals surface area (Å²) in [6.07, 6.45) is 9.99. The van der Waals surface area contributed by atoms with E-state index in [9.17, 15) is 19.5 Å². The molecule has 2 saturated heterocycles. The molecule has 6 atom stereocenters. The number of carbonyl (C=O) groups excluding carboxylic acids is 3. The third kappa shape index (κ3) is 3.55. The smallest absolute Gasteiger partial charge is 0.247 e. The van der Waals surface area contributed by atoms with Crippen molar-refractivity contribution in [2.24, 2.45) is 17.8 Å². The number of fused-ring (bicyclic) bond motifs is 2. The number of nitrogens with zero attached hydrogens (tertiary/aromatic N) is 3. The summed E-state index contributed by atoms with van der Waals surface area (Å²) in [5, 5.41) is 10.3. The van der Waals surface area contributed by atoms with Gasteiger partial charge in [-0.05, 0) is 19.3 Å². The molecule has 4 rings (SSSR count). The van der Waals surface area contributed by atoms with E-state index in [4.69, 9.17) is 0 Å². The van der Waals surface area contributed by atoms with Gasteiger partial charge in [0.2, 0.25) is 17.7 Å². The van der Waals surface area contributed by atoms with Gasteiger partial charge in [0.05, 0.1) is 29.2 Å². The lowest BCUT2D eigenvalue weighted by molar-refractivity contribution is -0.147. The Kier molecular flexibility index (Phi) is 6.46. The minimum Gasteiger partial charge on any atom is -0.394 e. The molecule has 182 valence electrons. The molecule has 1 spiro atoms. The molecule has 0 aromatic heterocycles. The Hall–Kier alpha value is -1.80. The van der Waals surface area contributed by atoms with Crippen LogP contribution in [0.15, 0.2) is 24.3 Å². The molecule has 0 aromatic rings. The van der Waals surface area contributed by atoms with Gasteiger partial charge in [0.1, 0.15) is 6.04 Å². The van der Waals surface area contributed by atoms with Crippen LogP contribution in [0.25, 0.3) is 0 Å². The van der Waals surface area contributed by atoms with Crippen molar-refractivity contribution in [1.82, 2.24) is 14.7 Å². The van der Waals surface area contributed by atoms with Crippen molar-refractivity contribution in [2.75, 3.05) is 33.3 Å². The molecule has 8 heteroatoms. The fourth-order valence-corrected chi connectivity index (χ4v) is 8.30. The summed E-state index contributed by atoms with van der Waals surface area (Å²) in [5.74, 6) is -1.53. The summed E-state index contributed by atoms with van der Waals surface area (Å²) >= 11 is 1.60. The maximum atomic E-state index is 14.2. The number of hydrogen-bond donors (Lipinski definition) is 1. The SMILES string of the molecule is CCCCN1CC=C[C@]23S[C@@]4(C)C=CCN(C)C(=O)[C@H]4[C@H]2C(=O)N([C@@H](CO)C(C)C)C3C1=O. The Labute approximate surface area is 201 Å². The molecule has 0 bridgehead atoms. The van der Waals surface area contributed by atoms with Crippen molar-refractivity contribution in [3.8, 4) is 0 Å². The highest BCUT2D eigenvalue weighted by Gasteiger charge is 2.74. The van der Waals surface area contributed by atoms with Crippen LogP contribution in [-0.2, 0) is 14.4 Å². The number of amides is 3. The van der Waals surface area contributed by atoms with E-state index in [1.165, 1.54) is 0 Å².